The fraction of sp³-hybridized carbons (Fsp3) is 0.111. The zero-order chi connectivity index (χ0) is 6.97. The molecule has 1 heteroatoms. The van der Waals surface area contributed by atoms with Crippen LogP contribution in [0.1, 0.15) is 11.1 Å². The summed E-state index contributed by atoms with van der Waals surface area (Å²) in [5.74, 6) is 0. The molecule has 0 saturated heterocycles. The SMILES string of the molecule is [Si]c1cccc2c1C=CC2. The quantitative estimate of drug-likeness (QED) is 0.476. The second kappa shape index (κ2) is 2.10. The van der Waals surface area contributed by atoms with Crippen LogP contribution in [0.4, 0.5) is 0 Å². The fourth-order valence-corrected chi connectivity index (χ4v) is 1.63. The molecule has 0 atom stereocenters. The van der Waals surface area contributed by atoms with E-state index in [0.717, 1.165) is 6.42 Å². The number of allylic oxidation sites excluding steroid dienone is 1. The van der Waals surface area contributed by atoms with E-state index in [4.69, 9.17) is 0 Å². The molecule has 1 aliphatic carbocycles. The monoisotopic (exact) mass is 143 g/mol. The molecule has 0 aromatic heterocycles. The average molecular weight is 143 g/mol. The second-order valence-corrected chi connectivity index (χ2v) is 3.02. The number of rotatable bonds is 0. The minimum absolute atomic E-state index is 1.09. The summed E-state index contributed by atoms with van der Waals surface area (Å²) < 4.78 is 0. The first kappa shape index (κ1) is 5.92. The molecule has 0 amide bonds. The van der Waals surface area contributed by atoms with Crippen molar-refractivity contribution < 1.29 is 0 Å². The summed E-state index contributed by atoms with van der Waals surface area (Å²) in [5.41, 5.74) is 2.77. The van der Waals surface area contributed by atoms with Gasteiger partial charge in [-0.05, 0) is 17.5 Å². The van der Waals surface area contributed by atoms with Crippen LogP contribution in [0.2, 0.25) is 0 Å². The lowest BCUT2D eigenvalue weighted by Gasteiger charge is -2.00. The molecule has 0 nitrogen and oxygen atoms in total. The van der Waals surface area contributed by atoms with Crippen LogP contribution in [0.15, 0.2) is 24.3 Å². The van der Waals surface area contributed by atoms with Crippen molar-refractivity contribution in [1.29, 1.82) is 0 Å². The Morgan fingerprint density at radius 1 is 1.30 bits per heavy atom. The maximum atomic E-state index is 3.55. The Bertz CT molecular complexity index is 287. The summed E-state index contributed by atoms with van der Waals surface area (Å²) in [7, 11) is 3.55. The molecule has 0 heterocycles. The molecule has 1 aromatic rings. The summed E-state index contributed by atoms with van der Waals surface area (Å²) in [4.78, 5) is 0. The summed E-state index contributed by atoms with van der Waals surface area (Å²) in [5, 5.41) is 1.20. The molecule has 3 radical (unpaired) electrons. The predicted molar refractivity (Wildman–Crippen MR) is 44.6 cm³/mol. The van der Waals surface area contributed by atoms with E-state index in [2.05, 4.69) is 40.6 Å². The van der Waals surface area contributed by atoms with E-state index >= 15 is 0 Å². The molecule has 1 aromatic carbocycles. The summed E-state index contributed by atoms with van der Waals surface area (Å²) in [6.07, 6.45) is 5.44. The first-order valence-corrected chi connectivity index (χ1v) is 3.88. The standard InChI is InChI=1S/C9H7Si/c10-9-6-2-4-7-3-1-5-8(7)9/h1-2,4-6H,3H2. The summed E-state index contributed by atoms with van der Waals surface area (Å²) in [6, 6.07) is 6.32. The van der Waals surface area contributed by atoms with Crippen LogP contribution in [0.25, 0.3) is 6.08 Å². The average Bonchev–Trinajstić information content (AvgIpc) is 2.36. The first-order valence-electron chi connectivity index (χ1n) is 3.38. The minimum atomic E-state index is 1.09. The third kappa shape index (κ3) is 0.745. The van der Waals surface area contributed by atoms with Crippen molar-refractivity contribution in [3.05, 3.63) is 35.4 Å². The van der Waals surface area contributed by atoms with Crippen LogP contribution < -0.4 is 5.19 Å². The largest absolute Gasteiger partial charge is 0.0795 e. The third-order valence-electron chi connectivity index (χ3n) is 1.82. The fourth-order valence-electron chi connectivity index (χ4n) is 1.29. The van der Waals surface area contributed by atoms with Gasteiger partial charge in [0.1, 0.15) is 0 Å². The Kier molecular flexibility index (Phi) is 1.24. The Morgan fingerprint density at radius 3 is 3.00 bits per heavy atom. The van der Waals surface area contributed by atoms with Gasteiger partial charge in [0.15, 0.2) is 0 Å². The third-order valence-corrected chi connectivity index (χ3v) is 2.25. The van der Waals surface area contributed by atoms with E-state index in [0.29, 0.717) is 0 Å². The topological polar surface area (TPSA) is 0 Å². The van der Waals surface area contributed by atoms with E-state index in [-0.39, 0.29) is 0 Å². The van der Waals surface area contributed by atoms with E-state index in [1.807, 2.05) is 0 Å². The molecular formula is C9H7Si. The van der Waals surface area contributed by atoms with Gasteiger partial charge in [-0.2, -0.15) is 0 Å². The number of fused-ring (bicyclic) bond motifs is 1. The lowest BCUT2D eigenvalue weighted by atomic mass is 10.1. The highest BCUT2D eigenvalue weighted by atomic mass is 28.1. The van der Waals surface area contributed by atoms with Crippen molar-refractivity contribution >= 4 is 21.5 Å². The second-order valence-electron chi connectivity index (χ2n) is 2.48. The van der Waals surface area contributed by atoms with Gasteiger partial charge in [-0.15, -0.1) is 0 Å². The van der Waals surface area contributed by atoms with E-state index in [1.54, 1.807) is 0 Å². The predicted octanol–water partition coefficient (Wildman–Crippen LogP) is 1.05. The van der Waals surface area contributed by atoms with Crippen LogP contribution in [-0.2, 0) is 6.42 Å². The molecule has 0 unspecified atom stereocenters. The van der Waals surface area contributed by atoms with E-state index in [1.165, 1.54) is 16.3 Å². The number of hydrogen-bond donors (Lipinski definition) is 0. The van der Waals surface area contributed by atoms with E-state index < -0.39 is 0 Å². The Balaban J connectivity index is 2.67. The van der Waals surface area contributed by atoms with Crippen LogP contribution in [0.3, 0.4) is 0 Å². The van der Waals surface area contributed by atoms with Crippen molar-refractivity contribution in [3.63, 3.8) is 0 Å². The van der Waals surface area contributed by atoms with Crippen molar-refractivity contribution in [2.24, 2.45) is 0 Å². The molecule has 47 valence electrons. The maximum Gasteiger partial charge on any atom is 0.0720 e. The van der Waals surface area contributed by atoms with Crippen molar-refractivity contribution in [2.75, 3.05) is 0 Å². The molecule has 10 heavy (non-hydrogen) atoms. The van der Waals surface area contributed by atoms with Gasteiger partial charge in [-0.1, -0.05) is 35.5 Å². The minimum Gasteiger partial charge on any atom is -0.0795 e. The maximum absolute atomic E-state index is 3.55. The van der Waals surface area contributed by atoms with Crippen LogP contribution >= 0.6 is 0 Å². The van der Waals surface area contributed by atoms with Crippen molar-refractivity contribution in [2.45, 2.75) is 6.42 Å². The van der Waals surface area contributed by atoms with Crippen molar-refractivity contribution in [3.8, 4) is 0 Å². The zero-order valence-electron chi connectivity index (χ0n) is 5.59. The van der Waals surface area contributed by atoms with Crippen LogP contribution in [0, 0.1) is 0 Å². The van der Waals surface area contributed by atoms with E-state index in [9.17, 15) is 0 Å². The number of hydrogen-bond acceptors (Lipinski definition) is 0. The lowest BCUT2D eigenvalue weighted by molar-refractivity contribution is 1.32. The van der Waals surface area contributed by atoms with Gasteiger partial charge in [0.25, 0.3) is 0 Å². The first-order chi connectivity index (χ1) is 4.88. The molecule has 0 bridgehead atoms. The molecule has 2 rings (SSSR count). The van der Waals surface area contributed by atoms with Gasteiger partial charge >= 0.3 is 0 Å². The van der Waals surface area contributed by atoms with Gasteiger partial charge in [0, 0.05) is 0 Å². The van der Waals surface area contributed by atoms with Gasteiger partial charge in [0.05, 0.1) is 10.2 Å². The van der Waals surface area contributed by atoms with Gasteiger partial charge in [-0.25, -0.2) is 0 Å². The van der Waals surface area contributed by atoms with Crippen LogP contribution in [0.5, 0.6) is 0 Å². The molecule has 1 aliphatic rings. The molecule has 0 saturated carbocycles. The molecule has 0 spiro atoms. The van der Waals surface area contributed by atoms with Gasteiger partial charge < -0.3 is 0 Å². The highest BCUT2D eigenvalue weighted by Crippen LogP contribution is 2.15. The van der Waals surface area contributed by atoms with Crippen LogP contribution in [-0.4, -0.2) is 10.2 Å². The normalized spacial score (nSPS) is 13.7. The summed E-state index contributed by atoms with van der Waals surface area (Å²) >= 11 is 0. The van der Waals surface area contributed by atoms with Gasteiger partial charge in [0.2, 0.25) is 0 Å². The Labute approximate surface area is 64.0 Å². The Morgan fingerprint density at radius 2 is 2.20 bits per heavy atom. The summed E-state index contributed by atoms with van der Waals surface area (Å²) in [6.45, 7) is 0. The lowest BCUT2D eigenvalue weighted by Crippen LogP contribution is -2.06. The highest BCUT2D eigenvalue weighted by Gasteiger charge is 2.04. The molecule has 0 aliphatic heterocycles. The Hall–Kier alpha value is -0.823. The highest BCUT2D eigenvalue weighted by molar-refractivity contribution is 6.34. The molecule has 0 fully saturated rings. The van der Waals surface area contributed by atoms with Crippen molar-refractivity contribution in [1.82, 2.24) is 0 Å². The van der Waals surface area contributed by atoms with Gasteiger partial charge in [-0.3, -0.25) is 0 Å². The molecular weight excluding hydrogens is 136 g/mol. The number of benzene rings is 1. The smallest absolute Gasteiger partial charge is 0.0720 e. The zero-order valence-corrected chi connectivity index (χ0v) is 6.59. The molecule has 0 N–H and O–H groups in total.